The molecule has 7 nitrogen and oxygen atoms in total. The molecule has 0 radical (unpaired) electrons. The average molecular weight is 295 g/mol. The van der Waals surface area contributed by atoms with Gasteiger partial charge >= 0.3 is 0 Å². The number of fused-ring (bicyclic) bond motifs is 1. The van der Waals surface area contributed by atoms with Crippen molar-refractivity contribution in [1.29, 1.82) is 0 Å². The minimum atomic E-state index is -3.50. The van der Waals surface area contributed by atoms with Gasteiger partial charge in [0.15, 0.2) is 11.2 Å². The van der Waals surface area contributed by atoms with E-state index in [1.165, 1.54) is 0 Å². The second kappa shape index (κ2) is 5.28. The molecule has 3 heterocycles. The van der Waals surface area contributed by atoms with Gasteiger partial charge in [-0.1, -0.05) is 0 Å². The molecule has 0 bridgehead atoms. The lowest BCUT2D eigenvalue weighted by Crippen LogP contribution is -2.38. The molecular formula is C11H14ClN5O2. The van der Waals surface area contributed by atoms with Crippen LogP contribution in [0.15, 0.2) is 11.1 Å². The van der Waals surface area contributed by atoms with Crippen LogP contribution < -0.4 is 5.56 Å². The molecule has 0 aromatic carbocycles. The monoisotopic (exact) mass is 294 g/mol. The highest BCUT2D eigenvalue weighted by molar-refractivity contribution is 6.28. The molecule has 0 saturated carbocycles. The molecule has 1 aliphatic heterocycles. The Morgan fingerprint density at radius 3 is 3.21 bits per heavy atom. The van der Waals surface area contributed by atoms with Gasteiger partial charge in [0.05, 0.1) is 24.9 Å². The number of aryl methyl sites for hydroxylation is 1. The molecule has 1 aliphatic rings. The smallest absolute Gasteiger partial charge is 0.278 e. The molecule has 8 heteroatoms. The Morgan fingerprint density at radius 2 is 2.42 bits per heavy atom. The van der Waals surface area contributed by atoms with Gasteiger partial charge in [0.1, 0.15) is 1.37 Å². The van der Waals surface area contributed by atoms with E-state index in [9.17, 15) is 4.79 Å². The molecule has 102 valence electrons. The van der Waals surface area contributed by atoms with E-state index < -0.39 is 56.5 Å². The van der Waals surface area contributed by atoms with Crippen molar-refractivity contribution in [2.45, 2.75) is 6.54 Å². The molecule has 3 rings (SSSR count). The third kappa shape index (κ3) is 2.63. The molecule has 0 atom stereocenters. The van der Waals surface area contributed by atoms with Gasteiger partial charge in [-0.25, -0.2) is 4.98 Å². The van der Waals surface area contributed by atoms with Gasteiger partial charge in [0.2, 0.25) is 5.28 Å². The fourth-order valence-electron chi connectivity index (χ4n) is 1.43. The van der Waals surface area contributed by atoms with Crippen LogP contribution in [-0.4, -0.2) is 57.0 Å². The first kappa shape index (κ1) is 5.16. The highest BCUT2D eigenvalue weighted by Gasteiger charge is 2.13. The summed E-state index contributed by atoms with van der Waals surface area (Å²) in [7, 11) is 0. The number of imidazole rings is 1. The molecule has 0 amide bonds. The van der Waals surface area contributed by atoms with Crippen LogP contribution in [0.5, 0.6) is 0 Å². The number of nitrogens with zero attached hydrogens (tertiary/aromatic N) is 4. The van der Waals surface area contributed by atoms with E-state index in [1.807, 2.05) is 0 Å². The van der Waals surface area contributed by atoms with E-state index in [4.69, 9.17) is 26.7 Å². The number of rotatable bonds is 3. The Balaban J connectivity index is 2.18. The maximum absolute atomic E-state index is 12.2. The van der Waals surface area contributed by atoms with Gasteiger partial charge in [-0.15, -0.1) is 0 Å². The van der Waals surface area contributed by atoms with Crippen molar-refractivity contribution in [2.24, 2.45) is 0 Å². The summed E-state index contributed by atoms with van der Waals surface area (Å²) < 4.78 is 92.0. The number of halogens is 1. The van der Waals surface area contributed by atoms with Crippen molar-refractivity contribution >= 4 is 22.8 Å². The Bertz CT molecular complexity index is 1040. The Morgan fingerprint density at radius 1 is 1.63 bits per heavy atom. The second-order valence-corrected chi connectivity index (χ2v) is 3.71. The molecule has 1 fully saturated rings. The first-order valence-corrected chi connectivity index (χ1v) is 5.36. The second-order valence-electron chi connectivity index (χ2n) is 3.35. The van der Waals surface area contributed by atoms with Crippen LogP contribution in [0.25, 0.3) is 11.2 Å². The van der Waals surface area contributed by atoms with Gasteiger partial charge in [0, 0.05) is 34.3 Å². The molecule has 19 heavy (non-hydrogen) atoms. The molecular weight excluding hydrogens is 270 g/mol. The van der Waals surface area contributed by atoms with Crippen LogP contribution in [0.2, 0.25) is 5.28 Å². The Kier molecular flexibility index (Phi) is 1.43. The summed E-state index contributed by atoms with van der Waals surface area (Å²) in [6.45, 7) is -18.2. The number of ether oxygens (including phenoxy) is 1. The SMILES string of the molecule is [2H]c1nc2nc(Cl)[nH]c(=O)c2n1CC([2H])([2H])N1C([2H])([2H])C([2H])([2H])OC([2H])([2H])C1([2H])[2H]. The number of morpholine rings is 1. The summed E-state index contributed by atoms with van der Waals surface area (Å²) in [6, 6.07) is 0. The molecule has 0 spiro atoms. The maximum Gasteiger partial charge on any atom is 0.278 e. The van der Waals surface area contributed by atoms with Crippen LogP contribution in [-0.2, 0) is 11.3 Å². The topological polar surface area (TPSA) is 76.0 Å². The van der Waals surface area contributed by atoms with E-state index in [1.54, 1.807) is 0 Å². The Labute approximate surface area is 129 Å². The Hall–Kier alpha value is -1.44. The number of aromatic amines is 1. The highest BCUT2D eigenvalue weighted by atomic mass is 35.5. The average Bonchev–Trinajstić information content (AvgIpc) is 2.78. The standard InChI is InChI=1S/C11H14ClN5O2/c12-11-14-9-8(10(18)15-11)17(7-13-9)2-1-16-3-5-19-6-4-16/h7H,1-6H2,(H,14,15,18)/i1D2,3D2,4D2,5D2,6D2,7D. The highest BCUT2D eigenvalue weighted by Crippen LogP contribution is 2.08. The number of aromatic nitrogens is 4. The van der Waals surface area contributed by atoms with E-state index in [2.05, 4.69) is 19.7 Å². The number of nitrogens with one attached hydrogen (secondary N) is 1. The van der Waals surface area contributed by atoms with E-state index in [0.717, 1.165) is 0 Å². The molecule has 1 N–H and O–H groups in total. The van der Waals surface area contributed by atoms with Gasteiger partial charge in [-0.2, -0.15) is 4.98 Å². The molecule has 0 aliphatic carbocycles. The van der Waals surface area contributed by atoms with Crippen LogP contribution >= 0.6 is 11.6 Å². The van der Waals surface area contributed by atoms with E-state index >= 15 is 0 Å². The van der Waals surface area contributed by atoms with Gasteiger partial charge in [0.25, 0.3) is 5.56 Å². The summed E-state index contributed by atoms with van der Waals surface area (Å²) in [5.41, 5.74) is -1.62. The van der Waals surface area contributed by atoms with Crippen molar-refractivity contribution in [3.8, 4) is 0 Å². The lowest BCUT2D eigenvalue weighted by molar-refractivity contribution is 0.0365. The van der Waals surface area contributed by atoms with Crippen molar-refractivity contribution < 1.29 is 19.8 Å². The third-order valence-electron chi connectivity index (χ3n) is 2.20. The normalized spacial score (nSPS) is 37.0. The fraction of sp³-hybridized carbons (Fsp3) is 0.545. The van der Waals surface area contributed by atoms with Crippen molar-refractivity contribution in [1.82, 2.24) is 24.4 Å². The molecule has 1 saturated heterocycles. The van der Waals surface area contributed by atoms with Gasteiger partial charge < -0.3 is 9.30 Å². The number of hydrogen-bond acceptors (Lipinski definition) is 5. The predicted octanol–water partition coefficient (Wildman–Crippen LogP) is 0.105. The van der Waals surface area contributed by atoms with Crippen LogP contribution in [0.3, 0.4) is 0 Å². The molecule has 0 unspecified atom stereocenters. The minimum Gasteiger partial charge on any atom is -0.379 e. The van der Waals surface area contributed by atoms with Crippen molar-refractivity contribution in [2.75, 3.05) is 32.6 Å². The molecule has 2 aromatic heterocycles. The maximum atomic E-state index is 12.2. The summed E-state index contributed by atoms with van der Waals surface area (Å²) in [5.74, 6) is 0. The van der Waals surface area contributed by atoms with Crippen LogP contribution in [0.1, 0.15) is 15.1 Å². The zero-order valence-electron chi connectivity index (χ0n) is 20.2. The van der Waals surface area contributed by atoms with E-state index in [-0.39, 0.29) is 15.8 Å². The van der Waals surface area contributed by atoms with Crippen LogP contribution in [0, 0.1) is 0 Å². The summed E-state index contributed by atoms with van der Waals surface area (Å²) in [5, 5.41) is -0.345. The van der Waals surface area contributed by atoms with Gasteiger partial charge in [-0.3, -0.25) is 14.7 Å². The number of hydrogen-bond donors (Lipinski definition) is 1. The fourth-order valence-corrected chi connectivity index (χ4v) is 1.60. The largest absolute Gasteiger partial charge is 0.379 e. The van der Waals surface area contributed by atoms with Crippen molar-refractivity contribution in [3.05, 3.63) is 21.9 Å². The van der Waals surface area contributed by atoms with Crippen molar-refractivity contribution in [3.63, 3.8) is 0 Å². The molecule has 2 aromatic rings. The predicted molar refractivity (Wildman–Crippen MR) is 70.4 cm³/mol. The lowest BCUT2D eigenvalue weighted by atomic mass is 10.4. The number of H-pyrrole nitrogens is 1. The summed E-state index contributed by atoms with van der Waals surface area (Å²) in [4.78, 5) is 21.4. The van der Waals surface area contributed by atoms with Crippen LogP contribution in [0.4, 0.5) is 0 Å². The third-order valence-corrected chi connectivity index (χ3v) is 2.38. The first-order chi connectivity index (χ1) is 13.3. The summed E-state index contributed by atoms with van der Waals surface area (Å²) >= 11 is 5.62. The van der Waals surface area contributed by atoms with E-state index in [0.29, 0.717) is 4.57 Å². The minimum absolute atomic E-state index is 0.278. The quantitative estimate of drug-likeness (QED) is 0.813. The zero-order valence-corrected chi connectivity index (χ0v) is 9.95. The lowest BCUT2D eigenvalue weighted by Gasteiger charge is -2.26. The van der Waals surface area contributed by atoms with Gasteiger partial charge in [-0.05, 0) is 11.6 Å². The summed E-state index contributed by atoms with van der Waals surface area (Å²) in [6.07, 6.45) is -0.686. The first-order valence-electron chi connectivity index (χ1n) is 10.5. The zero-order chi connectivity index (χ0) is 23.1.